The van der Waals surface area contributed by atoms with Gasteiger partial charge >= 0.3 is 0 Å². The summed E-state index contributed by atoms with van der Waals surface area (Å²) in [6.45, 7) is 0.285. The molecule has 6 heteroatoms. The third kappa shape index (κ3) is 3.64. The first-order valence-electron chi connectivity index (χ1n) is 6.24. The summed E-state index contributed by atoms with van der Waals surface area (Å²) in [6, 6.07) is 6.80. The lowest BCUT2D eigenvalue weighted by Crippen LogP contribution is -2.23. The number of aromatic nitrogens is 1. The van der Waals surface area contributed by atoms with Crippen LogP contribution in [0.5, 0.6) is 11.5 Å². The molecule has 0 fully saturated rings. The summed E-state index contributed by atoms with van der Waals surface area (Å²) in [5, 5.41) is 3.28. The highest BCUT2D eigenvalue weighted by molar-refractivity contribution is 6.31. The number of nitrogens with one attached hydrogen (secondary N) is 1. The molecule has 0 spiro atoms. The average Bonchev–Trinajstić information content (AvgIpc) is 2.53. The number of methoxy groups -OCH3 is 2. The second kappa shape index (κ2) is 6.95. The third-order valence-electron chi connectivity index (χ3n) is 2.92. The molecule has 0 aliphatic carbocycles. The van der Waals surface area contributed by atoms with E-state index >= 15 is 0 Å². The summed E-state index contributed by atoms with van der Waals surface area (Å²) in [5.41, 5.74) is 1.24. The summed E-state index contributed by atoms with van der Waals surface area (Å²) in [6.07, 6.45) is 3.12. The molecule has 1 amide bonds. The molecular formula is C15H15ClN2O3. The van der Waals surface area contributed by atoms with Gasteiger partial charge in [0.05, 0.1) is 19.8 Å². The van der Waals surface area contributed by atoms with Crippen molar-refractivity contribution in [2.75, 3.05) is 14.2 Å². The van der Waals surface area contributed by atoms with Crippen molar-refractivity contribution in [3.8, 4) is 11.5 Å². The minimum Gasteiger partial charge on any atom is -0.493 e. The van der Waals surface area contributed by atoms with E-state index in [1.54, 1.807) is 37.6 Å². The van der Waals surface area contributed by atoms with Gasteiger partial charge in [0, 0.05) is 30.0 Å². The Morgan fingerprint density at radius 2 is 2.00 bits per heavy atom. The first-order chi connectivity index (χ1) is 10.2. The molecule has 1 N–H and O–H groups in total. The molecule has 2 aromatic rings. The van der Waals surface area contributed by atoms with Crippen LogP contribution in [0.15, 0.2) is 36.7 Å². The Bertz CT molecular complexity index is 632. The summed E-state index contributed by atoms with van der Waals surface area (Å²) >= 11 is 6.17. The third-order valence-corrected chi connectivity index (χ3v) is 3.27. The predicted octanol–water partition coefficient (Wildman–Crippen LogP) is 2.68. The molecule has 5 nitrogen and oxygen atoms in total. The number of carbonyl (C=O) groups excluding carboxylic acids is 1. The molecule has 0 aliphatic heterocycles. The molecule has 0 aliphatic rings. The fourth-order valence-corrected chi connectivity index (χ4v) is 2.03. The second-order valence-corrected chi connectivity index (χ2v) is 4.63. The largest absolute Gasteiger partial charge is 0.493 e. The molecule has 0 bridgehead atoms. The van der Waals surface area contributed by atoms with Gasteiger partial charge in [0.25, 0.3) is 5.91 Å². The van der Waals surface area contributed by atoms with Crippen LogP contribution in [0, 0.1) is 0 Å². The van der Waals surface area contributed by atoms with Crippen LogP contribution in [0.25, 0.3) is 0 Å². The van der Waals surface area contributed by atoms with Crippen LogP contribution in [0.4, 0.5) is 0 Å². The van der Waals surface area contributed by atoms with E-state index in [9.17, 15) is 4.79 Å². The zero-order chi connectivity index (χ0) is 15.2. The Hall–Kier alpha value is -2.27. The van der Waals surface area contributed by atoms with Crippen LogP contribution in [0.3, 0.4) is 0 Å². The normalized spacial score (nSPS) is 10.0. The van der Waals surface area contributed by atoms with Crippen molar-refractivity contribution in [3.63, 3.8) is 0 Å². The maximum atomic E-state index is 12.0. The topological polar surface area (TPSA) is 60.5 Å². The average molecular weight is 307 g/mol. The quantitative estimate of drug-likeness (QED) is 0.922. The summed E-state index contributed by atoms with van der Waals surface area (Å²) in [7, 11) is 3.09. The molecule has 0 unspecified atom stereocenters. The molecule has 1 heterocycles. The number of rotatable bonds is 5. The van der Waals surface area contributed by atoms with Gasteiger partial charge in [0.15, 0.2) is 11.5 Å². The van der Waals surface area contributed by atoms with Crippen LogP contribution in [0.2, 0.25) is 5.02 Å². The lowest BCUT2D eigenvalue weighted by Gasteiger charge is -2.12. The van der Waals surface area contributed by atoms with Crippen LogP contribution in [0.1, 0.15) is 15.9 Å². The van der Waals surface area contributed by atoms with Crippen LogP contribution in [-0.4, -0.2) is 25.1 Å². The number of carbonyl (C=O) groups is 1. The Kier molecular flexibility index (Phi) is 5.00. The highest BCUT2D eigenvalue weighted by Crippen LogP contribution is 2.32. The summed E-state index contributed by atoms with van der Waals surface area (Å²) in [5.74, 6) is 0.895. The van der Waals surface area contributed by atoms with E-state index in [1.165, 1.54) is 13.3 Å². The number of nitrogens with zero attached hydrogens (tertiary/aromatic N) is 1. The minimum absolute atomic E-state index is 0.214. The molecule has 0 saturated heterocycles. The highest BCUT2D eigenvalue weighted by Gasteiger charge is 2.11. The van der Waals surface area contributed by atoms with Crippen molar-refractivity contribution in [1.29, 1.82) is 0 Å². The highest BCUT2D eigenvalue weighted by atomic mass is 35.5. The Balaban J connectivity index is 2.11. The second-order valence-electron chi connectivity index (χ2n) is 4.22. The Morgan fingerprint density at radius 1 is 1.29 bits per heavy atom. The smallest absolute Gasteiger partial charge is 0.253 e. The van der Waals surface area contributed by atoms with Crippen molar-refractivity contribution in [1.82, 2.24) is 10.3 Å². The van der Waals surface area contributed by atoms with Gasteiger partial charge in [0.2, 0.25) is 0 Å². The van der Waals surface area contributed by atoms with Crippen molar-refractivity contribution >= 4 is 17.5 Å². The van der Waals surface area contributed by atoms with Crippen LogP contribution in [-0.2, 0) is 6.54 Å². The standard InChI is InChI=1S/C15H15ClN2O3/c1-20-13-6-11(12(16)7-14(13)21-2)9-18-15(19)10-4-3-5-17-8-10/h3-8H,9H2,1-2H3,(H,18,19). The lowest BCUT2D eigenvalue weighted by molar-refractivity contribution is 0.0950. The minimum atomic E-state index is -0.214. The van der Waals surface area contributed by atoms with Crippen molar-refractivity contribution in [2.24, 2.45) is 0 Å². The number of pyridine rings is 1. The molecule has 110 valence electrons. The number of amides is 1. The van der Waals surface area contributed by atoms with E-state index in [0.29, 0.717) is 22.1 Å². The monoisotopic (exact) mass is 306 g/mol. The van der Waals surface area contributed by atoms with E-state index in [4.69, 9.17) is 21.1 Å². The SMILES string of the molecule is COc1cc(Cl)c(CNC(=O)c2cccnc2)cc1OC. The van der Waals surface area contributed by atoms with Crippen molar-refractivity contribution in [2.45, 2.75) is 6.54 Å². The van der Waals surface area contributed by atoms with E-state index in [1.807, 2.05) is 0 Å². The fraction of sp³-hybridized carbons (Fsp3) is 0.200. The molecule has 21 heavy (non-hydrogen) atoms. The molecule has 0 radical (unpaired) electrons. The zero-order valence-electron chi connectivity index (χ0n) is 11.7. The van der Waals surface area contributed by atoms with Gasteiger partial charge in [0.1, 0.15) is 0 Å². The first-order valence-corrected chi connectivity index (χ1v) is 6.62. The van der Waals surface area contributed by atoms with E-state index in [0.717, 1.165) is 5.56 Å². The van der Waals surface area contributed by atoms with Gasteiger partial charge in [-0.15, -0.1) is 0 Å². The lowest BCUT2D eigenvalue weighted by atomic mass is 10.2. The van der Waals surface area contributed by atoms with Gasteiger partial charge in [-0.25, -0.2) is 0 Å². The van der Waals surface area contributed by atoms with E-state index in [-0.39, 0.29) is 12.5 Å². The molecule has 0 atom stereocenters. The number of benzene rings is 1. The molecule has 2 rings (SSSR count). The maximum absolute atomic E-state index is 12.0. The van der Waals surface area contributed by atoms with Crippen molar-refractivity contribution < 1.29 is 14.3 Å². The molecule has 1 aromatic heterocycles. The van der Waals surface area contributed by atoms with Gasteiger partial charge < -0.3 is 14.8 Å². The predicted molar refractivity (Wildman–Crippen MR) is 80.0 cm³/mol. The summed E-state index contributed by atoms with van der Waals surface area (Å²) < 4.78 is 10.4. The van der Waals surface area contributed by atoms with Gasteiger partial charge in [-0.1, -0.05) is 11.6 Å². The fourth-order valence-electron chi connectivity index (χ4n) is 1.81. The maximum Gasteiger partial charge on any atom is 0.253 e. The number of halogens is 1. The number of ether oxygens (including phenoxy) is 2. The van der Waals surface area contributed by atoms with Gasteiger partial charge in [-0.3, -0.25) is 9.78 Å². The Morgan fingerprint density at radius 3 is 2.62 bits per heavy atom. The molecule has 1 aromatic carbocycles. The van der Waals surface area contributed by atoms with Gasteiger partial charge in [-0.2, -0.15) is 0 Å². The number of hydrogen-bond donors (Lipinski definition) is 1. The molecular weight excluding hydrogens is 292 g/mol. The summed E-state index contributed by atoms with van der Waals surface area (Å²) in [4.78, 5) is 15.9. The molecule has 0 saturated carbocycles. The van der Waals surface area contributed by atoms with E-state index in [2.05, 4.69) is 10.3 Å². The zero-order valence-corrected chi connectivity index (χ0v) is 12.5. The van der Waals surface area contributed by atoms with Crippen LogP contribution >= 0.6 is 11.6 Å². The van der Waals surface area contributed by atoms with Crippen LogP contribution < -0.4 is 14.8 Å². The van der Waals surface area contributed by atoms with Crippen molar-refractivity contribution in [3.05, 3.63) is 52.8 Å². The van der Waals surface area contributed by atoms with Gasteiger partial charge in [-0.05, 0) is 23.8 Å². The Labute approximate surface area is 127 Å². The number of hydrogen-bond acceptors (Lipinski definition) is 4. The first kappa shape index (κ1) is 15.1. The van der Waals surface area contributed by atoms with E-state index < -0.39 is 0 Å².